The third-order valence-electron chi connectivity index (χ3n) is 21.6. The summed E-state index contributed by atoms with van der Waals surface area (Å²) in [6.07, 6.45) is -6.91. The van der Waals surface area contributed by atoms with Crippen molar-refractivity contribution in [3.05, 3.63) is 155 Å². The molecule has 1 amide bonds. The first-order chi connectivity index (χ1) is 59.1. The molecule has 3 N–H and O–H groups in total. The van der Waals surface area contributed by atoms with Crippen molar-refractivity contribution in [2.45, 2.75) is 136 Å². The van der Waals surface area contributed by atoms with Gasteiger partial charge in [0.05, 0.1) is 34.9 Å². The van der Waals surface area contributed by atoms with Crippen LogP contribution in [0.4, 0.5) is 72.5 Å². The number of rotatable bonds is 16. The second-order valence-corrected chi connectivity index (χ2v) is 34.8. The van der Waals surface area contributed by atoms with Gasteiger partial charge in [-0.1, -0.05) is 96.0 Å². The molecule has 4 unspecified atom stereocenters. The molecule has 16 rings (SSSR count). The highest BCUT2D eigenvalue weighted by atomic mass is 35.5. The van der Waals surface area contributed by atoms with Crippen molar-refractivity contribution >= 4 is 123 Å². The van der Waals surface area contributed by atoms with Crippen molar-refractivity contribution in [2.24, 2.45) is 11.8 Å². The van der Waals surface area contributed by atoms with Crippen LogP contribution in [0.15, 0.2) is 144 Å². The average Bonchev–Trinajstić information content (AvgIpc) is 0.866. The smallest absolute Gasteiger partial charge is 0.489 e. The minimum atomic E-state index is -5.08. The van der Waals surface area contributed by atoms with Crippen LogP contribution in [0.25, 0.3) is 65.9 Å². The monoisotopic (exact) mass is 1860 g/mol. The van der Waals surface area contributed by atoms with Gasteiger partial charge in [-0.15, -0.1) is 7.77 Å². The number of aliphatic carboxylic acids is 3. The van der Waals surface area contributed by atoms with E-state index in [0.29, 0.717) is 105 Å². The third-order valence-corrected chi connectivity index (χ3v) is 23.8. The molecule has 27 nitrogen and oxygen atoms in total. The van der Waals surface area contributed by atoms with Gasteiger partial charge in [-0.25, -0.2) is 28.0 Å². The van der Waals surface area contributed by atoms with Crippen molar-refractivity contribution in [1.29, 1.82) is 0 Å². The highest BCUT2D eigenvalue weighted by molar-refractivity contribution is 7.86. The number of carboxylic acid groups (broad SMARTS) is 3. The van der Waals surface area contributed by atoms with Crippen LogP contribution in [0.1, 0.15) is 67.1 Å². The van der Waals surface area contributed by atoms with E-state index in [9.17, 15) is 68.9 Å². The lowest BCUT2D eigenvalue weighted by Crippen LogP contribution is -2.57. The molecule has 0 spiro atoms. The second kappa shape index (κ2) is 37.8. The Morgan fingerprint density at radius 3 is 1.22 bits per heavy atom. The zero-order valence-corrected chi connectivity index (χ0v) is 70.1. The predicted molar refractivity (Wildman–Crippen MR) is 435 cm³/mol. The van der Waals surface area contributed by atoms with Crippen molar-refractivity contribution < 1.29 is 133 Å². The molecule has 676 valence electrons. The summed E-state index contributed by atoms with van der Waals surface area (Å²) in [5.41, 5.74) is 0.774. The zero-order valence-electron chi connectivity index (χ0n) is 67.0. The largest absolute Gasteiger partial charge is 0.490 e. The Labute approximate surface area is 721 Å². The maximum absolute atomic E-state index is 17.0. The highest BCUT2D eigenvalue weighted by Crippen LogP contribution is 2.45. The quantitative estimate of drug-likeness (QED) is 0.0597. The SMILES string of the molecule is CN1CC[C@H](Oc2cccc(S(=O)(=O)F)c2)[C@H]1COc1nc(N2CC3CCC(C2)N3C(=O)OC(C)(C)C)c2cnc(-c3cccc4cccc(Cl)c34)c(F)c2n1.CN1CC[C@H](Oc2cccc(S(=O)(=O)F)c2)[C@H]1COc1nc(N2CC3CCC(C3)C2)c2cnc(-c3cccc4cccc(Cl)c34)c(F)c2n1.O=C(O)C(F)(F)F.O=C(O)C(F)(F)F.O=C(O)C(F)(F)F.[HH]. The summed E-state index contributed by atoms with van der Waals surface area (Å²) in [5, 5.41) is 26.3. The lowest BCUT2D eigenvalue weighted by molar-refractivity contribution is -0.193. The summed E-state index contributed by atoms with van der Waals surface area (Å²) >= 11 is 13.3. The number of piperazine rings is 1. The van der Waals surface area contributed by atoms with Crippen molar-refractivity contribution in [2.75, 3.05) is 76.4 Å². The molecule has 6 fully saturated rings. The highest BCUT2D eigenvalue weighted by Gasteiger charge is 2.47. The number of fused-ring (bicyclic) bond motifs is 8. The molecule has 1 saturated carbocycles. The number of carbonyl (C=O) groups is 4. The van der Waals surface area contributed by atoms with E-state index < -0.39 is 90.0 Å². The van der Waals surface area contributed by atoms with Gasteiger partial charge in [-0.05, 0) is 139 Å². The van der Waals surface area contributed by atoms with E-state index in [4.69, 9.17) is 86.6 Å². The number of ether oxygens (including phenoxy) is 5. The fraction of sp³-hybridized carbons (Fsp3) is 0.390. The summed E-state index contributed by atoms with van der Waals surface area (Å²) in [7, 11) is -5.96. The third kappa shape index (κ3) is 22.2. The number of halogens is 15. The van der Waals surface area contributed by atoms with E-state index in [1.54, 1.807) is 42.7 Å². The van der Waals surface area contributed by atoms with E-state index in [-0.39, 0.29) is 96.9 Å². The van der Waals surface area contributed by atoms with E-state index in [1.165, 1.54) is 43.5 Å². The first-order valence-electron chi connectivity index (χ1n) is 38.7. The molecule has 10 aromatic rings. The Balaban J connectivity index is 0.000000200. The van der Waals surface area contributed by atoms with Crippen molar-refractivity contribution in [3.8, 4) is 46.0 Å². The number of hydrogen-bond acceptors (Lipinski definition) is 23. The summed E-state index contributed by atoms with van der Waals surface area (Å²) in [6, 6.07) is 31.9. The van der Waals surface area contributed by atoms with Crippen LogP contribution in [0.2, 0.25) is 10.0 Å². The summed E-state index contributed by atoms with van der Waals surface area (Å²) < 4.78 is 233. The molecule has 5 saturated heterocycles. The zero-order chi connectivity index (χ0) is 91.6. The predicted octanol–water partition coefficient (Wildman–Crippen LogP) is 16.6. The number of likely N-dealkylation sites (N-methyl/N-ethyl adjacent to an activating group) is 2. The van der Waals surface area contributed by atoms with Crippen LogP contribution in [-0.4, -0.2) is 228 Å². The average molecular weight is 1860 g/mol. The number of alkyl halides is 9. The molecule has 6 aromatic carbocycles. The Morgan fingerprint density at radius 1 is 0.508 bits per heavy atom. The van der Waals surface area contributed by atoms with E-state index in [0.717, 1.165) is 48.8 Å². The fourth-order valence-corrected chi connectivity index (χ4v) is 17.4. The molecule has 44 heteroatoms. The molecule has 4 bridgehead atoms. The number of benzene rings is 6. The Kier molecular flexibility index (Phi) is 28.2. The Bertz CT molecular complexity index is 5930. The molecule has 4 aromatic heterocycles. The van der Waals surface area contributed by atoms with Gasteiger partial charge in [0.2, 0.25) is 0 Å². The van der Waals surface area contributed by atoms with Gasteiger partial charge in [0.15, 0.2) is 11.6 Å². The number of carboxylic acids is 3. The van der Waals surface area contributed by atoms with Gasteiger partial charge < -0.3 is 48.8 Å². The Hall–Kier alpha value is -11.2. The van der Waals surface area contributed by atoms with Crippen LogP contribution in [0.3, 0.4) is 0 Å². The molecule has 5 aliphatic heterocycles. The van der Waals surface area contributed by atoms with Crippen LogP contribution >= 0.6 is 23.2 Å². The number of piperidine rings is 1. The van der Waals surface area contributed by atoms with Crippen LogP contribution < -0.4 is 28.7 Å². The van der Waals surface area contributed by atoms with Gasteiger partial charge in [0.25, 0.3) is 0 Å². The van der Waals surface area contributed by atoms with Gasteiger partial charge in [-0.2, -0.15) is 76.3 Å². The van der Waals surface area contributed by atoms with Gasteiger partial charge >= 0.3 is 75.0 Å². The normalized spacial score (nSPS) is 20.3. The summed E-state index contributed by atoms with van der Waals surface area (Å²) in [6.45, 7) is 9.52. The lowest BCUT2D eigenvalue weighted by atomic mass is 9.98. The molecule has 6 aliphatic rings. The number of likely N-dealkylation sites (tertiary alicyclic amines) is 2. The van der Waals surface area contributed by atoms with Gasteiger partial charge in [0.1, 0.15) is 86.4 Å². The minimum Gasteiger partial charge on any atom is -0.489 e. The fourth-order valence-electron chi connectivity index (χ4n) is 15.8. The molecule has 9 heterocycles. The molecule has 126 heavy (non-hydrogen) atoms. The number of carbonyl (C=O) groups excluding carboxylic acids is 1. The van der Waals surface area contributed by atoms with Crippen LogP contribution in [0.5, 0.6) is 23.5 Å². The molecule has 8 atom stereocenters. The van der Waals surface area contributed by atoms with Gasteiger partial charge in [-0.3, -0.25) is 24.7 Å². The molecule has 0 radical (unpaired) electrons. The number of anilines is 2. The second-order valence-electron chi connectivity index (χ2n) is 31.3. The summed E-state index contributed by atoms with van der Waals surface area (Å²) in [5.74, 6) is -6.94. The standard InChI is InChI=1S/C40H41ClF2N6O6S.C36H34ClF2N5O4S.3C2HF3O2.H2/c1-40(2,3)55-39(50)49-24-14-15-25(49)21-48(20-24)37-29-19-44-35(28-12-5-8-23-9-6-13-30(41)33(23)28)34(42)36(29)45-38(46-37)53-22-31-32(16-17-47(31)4)54-26-10-7-11-27(18-26)56(43,51)52;1-43-14-13-30(48-24-7-4-8-25(16-24)49(39,45)46)29(43)20-47-36-41-34-27(35(42-36)44-18-21-11-12-22(15-21)19-44)17-40-33(32(34)38)26-9-2-5-23-6-3-10-28(37)31(23)26;3*3-2(4,5)1(6)7;/h5-13,18-19,24-25,31-32H,14-17,20-22H2,1-4H3;2-10,16-17,21-22,29-30H,11-15,18-20H2,1H3;3*(H,6,7);1H/t24?,25?,31-,32+;21?,22?,29-,30+;;;;/m11..../s1. The number of aromatic nitrogens is 6. The van der Waals surface area contributed by atoms with E-state index in [2.05, 4.69) is 29.7 Å². The molecular weight excluding hydrogens is 1780 g/mol. The number of hydrogen-bond donors (Lipinski definition) is 3. The van der Waals surface area contributed by atoms with Gasteiger partial charge in [0, 0.05) is 97.2 Å². The lowest BCUT2D eigenvalue weighted by Gasteiger charge is -2.42. The minimum absolute atomic E-state index is 0. The van der Waals surface area contributed by atoms with E-state index >= 15 is 8.78 Å². The molecular formula is C82H80Cl2F13N11O16S2. The first kappa shape index (κ1) is 93.9. The first-order valence-corrected chi connectivity index (χ1v) is 42.2. The number of pyridine rings is 2. The van der Waals surface area contributed by atoms with Crippen LogP contribution in [-0.2, 0) is 39.6 Å². The number of nitrogens with zero attached hydrogens (tertiary/aromatic N) is 11. The van der Waals surface area contributed by atoms with E-state index in [1.807, 2.05) is 104 Å². The van der Waals surface area contributed by atoms with Crippen molar-refractivity contribution in [3.63, 3.8) is 0 Å². The number of amides is 1. The van der Waals surface area contributed by atoms with Crippen molar-refractivity contribution in [1.82, 2.24) is 44.6 Å². The Morgan fingerprint density at radius 2 is 0.865 bits per heavy atom. The summed E-state index contributed by atoms with van der Waals surface area (Å²) in [4.78, 5) is 77.4. The maximum Gasteiger partial charge on any atom is 0.490 e. The topological polar surface area (TPSA) is 337 Å². The molecule has 1 aliphatic carbocycles. The van der Waals surface area contributed by atoms with Crippen LogP contribution in [0, 0.1) is 23.5 Å². The maximum atomic E-state index is 17.0.